The summed E-state index contributed by atoms with van der Waals surface area (Å²) >= 11 is 0. The van der Waals surface area contributed by atoms with Gasteiger partial charge in [0.25, 0.3) is 0 Å². The Bertz CT molecular complexity index is 750. The first-order valence-corrected chi connectivity index (χ1v) is 8.23. The highest BCUT2D eigenvalue weighted by Crippen LogP contribution is 2.40. The number of hydrogen-bond donors (Lipinski definition) is 3. The SMILES string of the molecule is COc1cc(Nc2ccc(NC(=O)NC3CC3)cn2)cc(OC)c1OC. The zero-order valence-electron chi connectivity index (χ0n) is 15.0. The van der Waals surface area contributed by atoms with Crippen molar-refractivity contribution in [3.63, 3.8) is 0 Å². The van der Waals surface area contributed by atoms with Gasteiger partial charge in [-0.1, -0.05) is 0 Å². The Labute approximate surface area is 151 Å². The van der Waals surface area contributed by atoms with Gasteiger partial charge in [0.15, 0.2) is 11.5 Å². The number of rotatable bonds is 7. The molecule has 0 unspecified atom stereocenters. The van der Waals surface area contributed by atoms with E-state index >= 15 is 0 Å². The average molecular weight is 358 g/mol. The molecular weight excluding hydrogens is 336 g/mol. The van der Waals surface area contributed by atoms with E-state index < -0.39 is 0 Å². The molecule has 1 fully saturated rings. The number of amides is 2. The lowest BCUT2D eigenvalue weighted by atomic mass is 10.2. The Balaban J connectivity index is 1.69. The van der Waals surface area contributed by atoms with Crippen LogP contribution in [0.2, 0.25) is 0 Å². The van der Waals surface area contributed by atoms with Crippen LogP contribution in [0.1, 0.15) is 12.8 Å². The highest BCUT2D eigenvalue weighted by atomic mass is 16.5. The molecule has 1 aliphatic carbocycles. The van der Waals surface area contributed by atoms with Crippen LogP contribution in [0.15, 0.2) is 30.5 Å². The Morgan fingerprint density at radius 3 is 2.23 bits per heavy atom. The van der Waals surface area contributed by atoms with Crippen LogP contribution in [0, 0.1) is 0 Å². The zero-order chi connectivity index (χ0) is 18.5. The third kappa shape index (κ3) is 4.27. The normalized spacial score (nSPS) is 12.9. The number of hydrogen-bond acceptors (Lipinski definition) is 6. The predicted octanol–water partition coefficient (Wildman–Crippen LogP) is 3.13. The van der Waals surface area contributed by atoms with Crippen LogP contribution in [0.4, 0.5) is 22.0 Å². The van der Waals surface area contributed by atoms with E-state index in [1.54, 1.807) is 51.8 Å². The first-order chi connectivity index (χ1) is 12.6. The van der Waals surface area contributed by atoms with Crippen molar-refractivity contribution in [3.8, 4) is 17.2 Å². The molecule has 0 spiro atoms. The average Bonchev–Trinajstić information content (AvgIpc) is 3.46. The van der Waals surface area contributed by atoms with E-state index in [0.29, 0.717) is 34.8 Å². The van der Waals surface area contributed by atoms with E-state index in [2.05, 4.69) is 20.9 Å². The molecular formula is C18H22N4O4. The summed E-state index contributed by atoms with van der Waals surface area (Å²) in [6, 6.07) is 7.23. The van der Waals surface area contributed by atoms with Crippen molar-refractivity contribution >= 4 is 23.2 Å². The molecule has 8 nitrogen and oxygen atoms in total. The lowest BCUT2D eigenvalue weighted by molar-refractivity contribution is 0.251. The Hall–Kier alpha value is -3.16. The molecule has 1 aromatic carbocycles. The summed E-state index contributed by atoms with van der Waals surface area (Å²) in [5, 5.41) is 8.79. The Morgan fingerprint density at radius 2 is 1.73 bits per heavy atom. The molecule has 1 aromatic heterocycles. The lowest BCUT2D eigenvalue weighted by Gasteiger charge is -2.15. The van der Waals surface area contributed by atoms with Gasteiger partial charge < -0.3 is 30.2 Å². The van der Waals surface area contributed by atoms with Gasteiger partial charge in [-0.05, 0) is 25.0 Å². The van der Waals surface area contributed by atoms with Gasteiger partial charge in [-0.3, -0.25) is 0 Å². The highest BCUT2D eigenvalue weighted by molar-refractivity contribution is 5.89. The molecule has 26 heavy (non-hydrogen) atoms. The second-order valence-corrected chi connectivity index (χ2v) is 5.84. The highest BCUT2D eigenvalue weighted by Gasteiger charge is 2.23. The molecule has 138 valence electrons. The smallest absolute Gasteiger partial charge is 0.319 e. The Kier molecular flexibility index (Phi) is 5.31. The maximum Gasteiger partial charge on any atom is 0.319 e. The second-order valence-electron chi connectivity index (χ2n) is 5.84. The molecule has 1 saturated carbocycles. The molecule has 8 heteroatoms. The van der Waals surface area contributed by atoms with Gasteiger partial charge in [-0.25, -0.2) is 9.78 Å². The maximum atomic E-state index is 11.7. The molecule has 2 amide bonds. The van der Waals surface area contributed by atoms with Gasteiger partial charge >= 0.3 is 6.03 Å². The number of ether oxygens (including phenoxy) is 3. The second kappa shape index (κ2) is 7.81. The van der Waals surface area contributed by atoms with Gasteiger partial charge in [0.1, 0.15) is 5.82 Å². The van der Waals surface area contributed by atoms with Crippen LogP contribution in [0.5, 0.6) is 17.2 Å². The maximum absolute atomic E-state index is 11.7. The number of urea groups is 1. The number of anilines is 3. The zero-order valence-corrected chi connectivity index (χ0v) is 15.0. The fourth-order valence-electron chi connectivity index (χ4n) is 2.42. The molecule has 0 radical (unpaired) electrons. The van der Waals surface area contributed by atoms with Crippen molar-refractivity contribution in [1.29, 1.82) is 0 Å². The van der Waals surface area contributed by atoms with E-state index in [-0.39, 0.29) is 6.03 Å². The molecule has 1 aliphatic rings. The molecule has 1 heterocycles. The van der Waals surface area contributed by atoms with E-state index in [9.17, 15) is 4.79 Å². The van der Waals surface area contributed by atoms with Gasteiger partial charge in [-0.15, -0.1) is 0 Å². The summed E-state index contributed by atoms with van der Waals surface area (Å²) in [5.74, 6) is 2.23. The lowest BCUT2D eigenvalue weighted by Crippen LogP contribution is -2.30. The van der Waals surface area contributed by atoms with Crippen LogP contribution in [0.3, 0.4) is 0 Å². The summed E-state index contributed by atoms with van der Waals surface area (Å²) in [6.07, 6.45) is 3.68. The summed E-state index contributed by atoms with van der Waals surface area (Å²) in [6.45, 7) is 0. The molecule has 3 N–H and O–H groups in total. The van der Waals surface area contributed by atoms with Crippen LogP contribution in [-0.4, -0.2) is 38.4 Å². The van der Waals surface area contributed by atoms with Crippen LogP contribution < -0.4 is 30.2 Å². The van der Waals surface area contributed by atoms with Gasteiger partial charge in [0.05, 0.1) is 33.2 Å². The number of methoxy groups -OCH3 is 3. The number of nitrogens with zero attached hydrogens (tertiary/aromatic N) is 1. The molecule has 0 aliphatic heterocycles. The molecule has 0 saturated heterocycles. The predicted molar refractivity (Wildman–Crippen MR) is 98.8 cm³/mol. The quantitative estimate of drug-likeness (QED) is 0.704. The number of aromatic nitrogens is 1. The first kappa shape index (κ1) is 17.7. The third-order valence-electron chi connectivity index (χ3n) is 3.87. The van der Waals surface area contributed by atoms with Crippen molar-refractivity contribution < 1.29 is 19.0 Å². The fourth-order valence-corrected chi connectivity index (χ4v) is 2.42. The van der Waals surface area contributed by atoms with Crippen LogP contribution >= 0.6 is 0 Å². The van der Waals surface area contributed by atoms with E-state index in [1.165, 1.54) is 0 Å². The van der Waals surface area contributed by atoms with E-state index in [0.717, 1.165) is 18.5 Å². The number of carbonyl (C=O) groups excluding carboxylic acids is 1. The molecule has 0 atom stereocenters. The van der Waals surface area contributed by atoms with Crippen LogP contribution in [-0.2, 0) is 0 Å². The van der Waals surface area contributed by atoms with Crippen LogP contribution in [0.25, 0.3) is 0 Å². The minimum absolute atomic E-state index is 0.209. The molecule has 0 bridgehead atoms. The monoisotopic (exact) mass is 358 g/mol. The third-order valence-corrected chi connectivity index (χ3v) is 3.87. The molecule has 2 aromatic rings. The van der Waals surface area contributed by atoms with Gasteiger partial charge in [-0.2, -0.15) is 0 Å². The fraction of sp³-hybridized carbons (Fsp3) is 0.333. The van der Waals surface area contributed by atoms with Crippen molar-refractivity contribution in [2.75, 3.05) is 32.0 Å². The van der Waals surface area contributed by atoms with Crippen molar-refractivity contribution in [2.24, 2.45) is 0 Å². The summed E-state index contributed by atoms with van der Waals surface area (Å²) in [7, 11) is 4.68. The minimum atomic E-state index is -0.209. The standard InChI is InChI=1S/C18H22N4O4/c1-24-14-8-13(9-15(25-2)17(14)26-3)20-16-7-6-12(10-19-16)22-18(23)21-11-4-5-11/h6-11H,4-5H2,1-3H3,(H,19,20)(H2,21,22,23). The van der Waals surface area contributed by atoms with Crippen molar-refractivity contribution in [2.45, 2.75) is 18.9 Å². The first-order valence-electron chi connectivity index (χ1n) is 8.23. The minimum Gasteiger partial charge on any atom is -0.493 e. The number of nitrogens with one attached hydrogen (secondary N) is 3. The summed E-state index contributed by atoms with van der Waals surface area (Å²) in [4.78, 5) is 16.0. The van der Waals surface area contributed by atoms with Gasteiger partial charge in [0.2, 0.25) is 5.75 Å². The molecule has 3 rings (SSSR count). The van der Waals surface area contributed by atoms with Gasteiger partial charge in [0, 0.05) is 23.9 Å². The summed E-state index contributed by atoms with van der Waals surface area (Å²) in [5.41, 5.74) is 1.36. The van der Waals surface area contributed by atoms with E-state index in [1.807, 2.05) is 0 Å². The van der Waals surface area contributed by atoms with E-state index in [4.69, 9.17) is 14.2 Å². The largest absolute Gasteiger partial charge is 0.493 e. The Morgan fingerprint density at radius 1 is 1.04 bits per heavy atom. The summed E-state index contributed by atoms with van der Waals surface area (Å²) < 4.78 is 16.0. The van der Waals surface area contributed by atoms with Crippen molar-refractivity contribution in [1.82, 2.24) is 10.3 Å². The topological polar surface area (TPSA) is 93.7 Å². The number of carbonyl (C=O) groups is 1. The number of pyridine rings is 1. The van der Waals surface area contributed by atoms with Crippen molar-refractivity contribution in [3.05, 3.63) is 30.5 Å². The number of benzene rings is 1.